The summed E-state index contributed by atoms with van der Waals surface area (Å²) in [5, 5.41) is 12.6. The molecule has 0 bridgehead atoms. The molecule has 1 heterocycles. The number of carbonyl (C=O) groups is 2. The zero-order valence-electron chi connectivity index (χ0n) is 16.9. The molecular weight excluding hydrogens is 485 g/mol. The third kappa shape index (κ3) is 5.82. The number of nitro benzene ring substituents is 1. The highest BCUT2D eigenvalue weighted by Crippen LogP contribution is 2.35. The average molecular weight is 501 g/mol. The number of rotatable bonds is 6. The summed E-state index contributed by atoms with van der Waals surface area (Å²) in [6.07, 6.45) is -4.94. The van der Waals surface area contributed by atoms with Crippen LogP contribution in [-0.2, 0) is 15.8 Å². The fourth-order valence-corrected chi connectivity index (χ4v) is 4.36. The number of thioether (sulfide) groups is 1. The quantitative estimate of drug-likeness (QED) is 0.431. The van der Waals surface area contributed by atoms with Crippen LogP contribution in [-0.4, -0.2) is 38.6 Å². The van der Waals surface area contributed by atoms with E-state index in [9.17, 15) is 32.9 Å². The van der Waals surface area contributed by atoms with Crippen molar-refractivity contribution in [2.45, 2.75) is 24.8 Å². The monoisotopic (exact) mass is 500 g/mol. The maximum Gasteiger partial charge on any atom is 0.416 e. The number of hydrogen-bond acceptors (Lipinski definition) is 6. The van der Waals surface area contributed by atoms with Gasteiger partial charge < -0.3 is 5.32 Å². The fraction of sp³-hybridized carbons (Fsp3) is 0.250. The van der Waals surface area contributed by atoms with E-state index in [1.54, 1.807) is 6.92 Å². The molecule has 3 rings (SSSR count). The van der Waals surface area contributed by atoms with Gasteiger partial charge >= 0.3 is 6.18 Å². The van der Waals surface area contributed by atoms with Gasteiger partial charge in [-0.15, -0.1) is 0 Å². The normalized spacial score (nSPS) is 17.5. The van der Waals surface area contributed by atoms with E-state index in [4.69, 9.17) is 11.6 Å². The number of halogens is 4. The van der Waals surface area contributed by atoms with Crippen LogP contribution in [0.25, 0.3) is 0 Å². The van der Waals surface area contributed by atoms with Crippen molar-refractivity contribution in [1.29, 1.82) is 0 Å². The fourth-order valence-electron chi connectivity index (χ4n) is 2.97. The summed E-state index contributed by atoms with van der Waals surface area (Å²) in [5.41, 5.74) is -1.09. The van der Waals surface area contributed by atoms with Crippen molar-refractivity contribution in [2.75, 3.05) is 11.9 Å². The second-order valence-electron chi connectivity index (χ2n) is 6.81. The first-order chi connectivity index (χ1) is 15.5. The molecule has 2 aromatic carbocycles. The van der Waals surface area contributed by atoms with Gasteiger partial charge in [0.25, 0.3) is 5.69 Å². The molecule has 1 aliphatic heterocycles. The molecule has 1 unspecified atom stereocenters. The number of alkyl halides is 3. The number of aliphatic imine (C=N–C) groups is 1. The molecule has 13 heteroatoms. The summed E-state index contributed by atoms with van der Waals surface area (Å²) in [6.45, 7) is 1.95. The minimum atomic E-state index is -4.61. The van der Waals surface area contributed by atoms with Gasteiger partial charge in [-0.25, -0.2) is 4.99 Å². The molecule has 0 saturated carbocycles. The third-order valence-electron chi connectivity index (χ3n) is 4.54. The van der Waals surface area contributed by atoms with E-state index in [2.05, 4.69) is 10.3 Å². The van der Waals surface area contributed by atoms with E-state index < -0.39 is 33.7 Å². The Morgan fingerprint density at radius 2 is 2.03 bits per heavy atom. The molecule has 1 aliphatic rings. The maximum absolute atomic E-state index is 12.9. The Kier molecular flexibility index (Phi) is 7.28. The van der Waals surface area contributed by atoms with E-state index in [0.717, 1.165) is 30.0 Å². The SMILES string of the molecule is CCN1C(=O)C(CC(=O)Nc2cc(C(F)(F)F)ccc2Cl)SC1=Nc1cccc([N+](=O)[O-])c1. The van der Waals surface area contributed by atoms with Crippen molar-refractivity contribution in [3.8, 4) is 0 Å². The molecule has 1 saturated heterocycles. The largest absolute Gasteiger partial charge is 0.416 e. The zero-order chi connectivity index (χ0) is 24.3. The van der Waals surface area contributed by atoms with Crippen LogP contribution in [0.1, 0.15) is 18.9 Å². The van der Waals surface area contributed by atoms with Crippen LogP contribution in [0.4, 0.5) is 30.2 Å². The summed E-state index contributed by atoms with van der Waals surface area (Å²) in [6, 6.07) is 8.09. The number of carbonyl (C=O) groups excluding carboxylic acids is 2. The number of amides is 2. The van der Waals surface area contributed by atoms with Crippen LogP contribution in [0.15, 0.2) is 47.5 Å². The predicted octanol–water partition coefficient (Wildman–Crippen LogP) is 5.25. The highest BCUT2D eigenvalue weighted by atomic mass is 35.5. The van der Waals surface area contributed by atoms with E-state index >= 15 is 0 Å². The van der Waals surface area contributed by atoms with Gasteiger partial charge in [-0.05, 0) is 31.2 Å². The van der Waals surface area contributed by atoms with Crippen molar-refractivity contribution >= 4 is 57.4 Å². The van der Waals surface area contributed by atoms with Gasteiger partial charge in [0.15, 0.2) is 5.17 Å². The zero-order valence-corrected chi connectivity index (χ0v) is 18.5. The third-order valence-corrected chi connectivity index (χ3v) is 6.05. The molecule has 33 heavy (non-hydrogen) atoms. The van der Waals surface area contributed by atoms with Gasteiger partial charge in [-0.2, -0.15) is 13.2 Å². The van der Waals surface area contributed by atoms with E-state index in [-0.39, 0.29) is 40.2 Å². The number of hydrogen-bond donors (Lipinski definition) is 1. The molecule has 1 N–H and O–H groups in total. The first-order valence-electron chi connectivity index (χ1n) is 9.47. The minimum Gasteiger partial charge on any atom is -0.325 e. The lowest BCUT2D eigenvalue weighted by Crippen LogP contribution is -2.33. The Morgan fingerprint density at radius 1 is 1.30 bits per heavy atom. The van der Waals surface area contributed by atoms with Crippen molar-refractivity contribution in [3.05, 3.63) is 63.2 Å². The standard InChI is InChI=1S/C20H16ClF3N4O4S/c1-2-27-18(30)16(33-19(27)25-12-4-3-5-13(9-12)28(31)32)10-17(29)26-15-8-11(20(22,23)24)6-7-14(15)21/h3-9,16H,2,10H2,1H3,(H,26,29). The van der Waals surface area contributed by atoms with Crippen molar-refractivity contribution in [2.24, 2.45) is 4.99 Å². The van der Waals surface area contributed by atoms with Gasteiger partial charge in [0.2, 0.25) is 11.8 Å². The molecule has 0 radical (unpaired) electrons. The smallest absolute Gasteiger partial charge is 0.325 e. The van der Waals surface area contributed by atoms with Crippen LogP contribution in [0.5, 0.6) is 0 Å². The van der Waals surface area contributed by atoms with E-state index in [0.29, 0.717) is 0 Å². The van der Waals surface area contributed by atoms with Crippen molar-refractivity contribution in [1.82, 2.24) is 4.90 Å². The lowest BCUT2D eigenvalue weighted by Gasteiger charge is -2.14. The Morgan fingerprint density at radius 3 is 2.67 bits per heavy atom. The molecule has 1 atom stereocenters. The predicted molar refractivity (Wildman–Crippen MR) is 119 cm³/mol. The number of nitrogens with one attached hydrogen (secondary N) is 1. The Hall–Kier alpha value is -3.12. The van der Waals surface area contributed by atoms with E-state index in [1.807, 2.05) is 0 Å². The lowest BCUT2D eigenvalue weighted by atomic mass is 10.2. The summed E-state index contributed by atoms with van der Waals surface area (Å²) in [7, 11) is 0. The topological polar surface area (TPSA) is 105 Å². The van der Waals surface area contributed by atoms with Crippen molar-refractivity contribution < 1.29 is 27.7 Å². The first-order valence-corrected chi connectivity index (χ1v) is 10.7. The number of nitrogens with zero attached hydrogens (tertiary/aromatic N) is 3. The second-order valence-corrected chi connectivity index (χ2v) is 8.38. The van der Waals surface area contributed by atoms with Crippen LogP contribution < -0.4 is 5.32 Å². The van der Waals surface area contributed by atoms with E-state index in [1.165, 1.54) is 29.2 Å². The van der Waals surface area contributed by atoms with Crippen LogP contribution >= 0.6 is 23.4 Å². The summed E-state index contributed by atoms with van der Waals surface area (Å²) in [5.74, 6) is -1.10. The van der Waals surface area contributed by atoms with Crippen LogP contribution in [0.3, 0.4) is 0 Å². The molecule has 174 valence electrons. The summed E-state index contributed by atoms with van der Waals surface area (Å²) < 4.78 is 38.8. The van der Waals surface area contributed by atoms with Gasteiger partial charge in [0.1, 0.15) is 5.25 Å². The lowest BCUT2D eigenvalue weighted by molar-refractivity contribution is -0.384. The Balaban J connectivity index is 1.76. The van der Waals surface area contributed by atoms with Gasteiger partial charge in [-0.1, -0.05) is 29.4 Å². The number of benzene rings is 2. The second kappa shape index (κ2) is 9.79. The molecule has 0 aromatic heterocycles. The highest BCUT2D eigenvalue weighted by Gasteiger charge is 2.38. The van der Waals surface area contributed by atoms with Crippen molar-refractivity contribution in [3.63, 3.8) is 0 Å². The highest BCUT2D eigenvalue weighted by molar-refractivity contribution is 8.15. The Bertz CT molecular complexity index is 1140. The van der Waals surface area contributed by atoms with Crippen LogP contribution in [0, 0.1) is 10.1 Å². The molecule has 1 fully saturated rings. The average Bonchev–Trinajstić information content (AvgIpc) is 3.02. The van der Waals surface area contributed by atoms with Gasteiger partial charge in [0.05, 0.1) is 26.9 Å². The summed E-state index contributed by atoms with van der Waals surface area (Å²) >= 11 is 6.89. The first kappa shape index (κ1) is 24.5. The van der Waals surface area contributed by atoms with Crippen LogP contribution in [0.2, 0.25) is 5.02 Å². The molecule has 2 amide bonds. The molecule has 0 aliphatic carbocycles. The number of anilines is 1. The molecule has 0 spiro atoms. The number of non-ortho nitro benzene ring substituents is 1. The maximum atomic E-state index is 12.9. The molecule has 2 aromatic rings. The summed E-state index contributed by atoms with van der Waals surface area (Å²) in [4.78, 5) is 41.2. The molecule has 8 nitrogen and oxygen atoms in total. The number of amidine groups is 1. The molecular formula is C20H16ClF3N4O4S. The van der Waals surface area contributed by atoms with Gasteiger partial charge in [-0.3, -0.25) is 24.6 Å². The number of nitro groups is 1. The Labute approximate surface area is 195 Å². The minimum absolute atomic E-state index is 0.0788. The van der Waals surface area contributed by atoms with Gasteiger partial charge in [0, 0.05) is 25.1 Å².